The maximum absolute atomic E-state index is 12.0. The molecule has 0 saturated heterocycles. The van der Waals surface area contributed by atoms with Gasteiger partial charge in [-0.2, -0.15) is 0 Å². The van der Waals surface area contributed by atoms with Crippen molar-refractivity contribution in [1.82, 2.24) is 0 Å². The molecular weight excluding hydrogens is 416 g/mol. The van der Waals surface area contributed by atoms with E-state index in [4.69, 9.17) is 14.2 Å². The molecule has 182 valence electrons. The summed E-state index contributed by atoms with van der Waals surface area (Å²) in [5, 5.41) is 4.23. The van der Waals surface area contributed by atoms with Crippen LogP contribution in [-0.4, -0.2) is 33.0 Å². The average Bonchev–Trinajstić information content (AvgIpc) is 2.81. The minimum atomic E-state index is -1.07. The summed E-state index contributed by atoms with van der Waals surface area (Å²) >= 11 is 0. The quantitative estimate of drug-likeness (QED) is 0.107. The minimum Gasteiger partial charge on any atom is -0.497 e. The van der Waals surface area contributed by atoms with E-state index in [1.807, 2.05) is 0 Å². The van der Waals surface area contributed by atoms with Crippen LogP contribution in [-0.2, 0) is 19.6 Å². The number of carbonyl (C=O) groups is 2. The zero-order chi connectivity index (χ0) is 23.4. The highest BCUT2D eigenvalue weighted by Crippen LogP contribution is 2.24. The van der Waals surface area contributed by atoms with Crippen molar-refractivity contribution in [2.45, 2.75) is 84.0 Å². The zero-order valence-corrected chi connectivity index (χ0v) is 19.7. The fourth-order valence-corrected chi connectivity index (χ4v) is 3.22. The topological polar surface area (TPSA) is 89.5 Å². The molecule has 8 heteroatoms. The molecule has 8 nitrogen and oxygen atoms in total. The second-order valence-corrected chi connectivity index (χ2v) is 7.58. The Bertz CT molecular complexity index is 647. The molecule has 0 spiro atoms. The van der Waals surface area contributed by atoms with Crippen molar-refractivity contribution in [3.63, 3.8) is 0 Å². The van der Waals surface area contributed by atoms with Crippen LogP contribution in [0.15, 0.2) is 18.2 Å². The van der Waals surface area contributed by atoms with Crippen LogP contribution in [0.3, 0.4) is 0 Å². The lowest BCUT2D eigenvalue weighted by molar-refractivity contribution is -0.452. The maximum atomic E-state index is 12.0. The van der Waals surface area contributed by atoms with Crippen LogP contribution in [0, 0.1) is 0 Å². The van der Waals surface area contributed by atoms with Gasteiger partial charge in [0.1, 0.15) is 17.1 Å². The van der Waals surface area contributed by atoms with Crippen molar-refractivity contribution in [3.8, 4) is 11.5 Å². The van der Waals surface area contributed by atoms with Gasteiger partial charge in [0.15, 0.2) is 0 Å². The van der Waals surface area contributed by atoms with Crippen molar-refractivity contribution >= 4 is 12.1 Å². The number of methoxy groups -OCH3 is 2. The fourth-order valence-electron chi connectivity index (χ4n) is 3.22. The minimum absolute atomic E-state index is 0.0558. The van der Waals surface area contributed by atoms with E-state index < -0.39 is 12.1 Å². The number of hydrogen-bond donors (Lipinski definition) is 0. The molecule has 32 heavy (non-hydrogen) atoms. The summed E-state index contributed by atoms with van der Waals surface area (Å²) in [4.78, 5) is 32.3. The predicted octanol–water partition coefficient (Wildman–Crippen LogP) is 6.56. The summed E-state index contributed by atoms with van der Waals surface area (Å²) in [5.41, 5.74) is 0.0558. The van der Waals surface area contributed by atoms with Crippen molar-refractivity contribution in [3.05, 3.63) is 23.8 Å². The van der Waals surface area contributed by atoms with E-state index in [0.717, 1.165) is 19.3 Å². The van der Waals surface area contributed by atoms with Gasteiger partial charge < -0.3 is 14.2 Å². The molecular formula is C24H38O8. The van der Waals surface area contributed by atoms with Gasteiger partial charge in [-0.3, -0.25) is 4.89 Å². The number of hydrogen-bond acceptors (Lipinski definition) is 8. The summed E-state index contributed by atoms with van der Waals surface area (Å²) in [7, 11) is 2.87. The van der Waals surface area contributed by atoms with E-state index in [-0.39, 0.29) is 17.9 Å². The second-order valence-electron chi connectivity index (χ2n) is 7.58. The third-order valence-electron chi connectivity index (χ3n) is 5.06. The van der Waals surface area contributed by atoms with Gasteiger partial charge >= 0.3 is 12.1 Å². The van der Waals surface area contributed by atoms with E-state index >= 15 is 0 Å². The van der Waals surface area contributed by atoms with Crippen LogP contribution in [0.25, 0.3) is 0 Å². The molecule has 1 rings (SSSR count). The van der Waals surface area contributed by atoms with E-state index in [0.29, 0.717) is 5.75 Å². The lowest BCUT2D eigenvalue weighted by Gasteiger charge is -2.08. The van der Waals surface area contributed by atoms with E-state index in [2.05, 4.69) is 21.7 Å². The van der Waals surface area contributed by atoms with Gasteiger partial charge in [0.25, 0.3) is 0 Å². The Hall–Kier alpha value is -2.48. The lowest BCUT2D eigenvalue weighted by atomic mass is 10.1. The third kappa shape index (κ3) is 12.4. The van der Waals surface area contributed by atoms with Crippen LogP contribution < -0.4 is 9.47 Å². The van der Waals surface area contributed by atoms with Crippen LogP contribution in [0.5, 0.6) is 11.5 Å². The van der Waals surface area contributed by atoms with Crippen LogP contribution in [0.1, 0.15) is 94.3 Å². The first-order valence-electron chi connectivity index (χ1n) is 11.6. The summed E-state index contributed by atoms with van der Waals surface area (Å²) in [6.07, 6.45) is 13.6. The molecule has 0 fully saturated rings. The molecule has 0 atom stereocenters. The highest BCUT2D eigenvalue weighted by Gasteiger charge is 2.18. The molecule has 1 aromatic rings. The summed E-state index contributed by atoms with van der Waals surface area (Å²) in [6, 6.07) is 4.58. The molecule has 0 heterocycles. The molecule has 0 N–H and O–H groups in total. The van der Waals surface area contributed by atoms with Gasteiger partial charge in [-0.15, -0.1) is 0 Å². The largest absolute Gasteiger partial charge is 0.543 e. The van der Waals surface area contributed by atoms with E-state index in [1.54, 1.807) is 12.1 Å². The Morgan fingerprint density at radius 2 is 1.34 bits per heavy atom. The Kier molecular flexibility index (Phi) is 15.6. The Morgan fingerprint density at radius 3 is 1.91 bits per heavy atom. The fraction of sp³-hybridized carbons (Fsp3) is 0.667. The molecule has 0 amide bonds. The Morgan fingerprint density at radius 1 is 0.750 bits per heavy atom. The molecule has 0 radical (unpaired) electrons. The molecule has 0 unspecified atom stereocenters. The smallest absolute Gasteiger partial charge is 0.497 e. The Balaban J connectivity index is 2.03. The van der Waals surface area contributed by atoms with E-state index in [9.17, 15) is 9.59 Å². The molecule has 0 saturated carbocycles. The zero-order valence-electron chi connectivity index (χ0n) is 19.7. The summed E-state index contributed by atoms with van der Waals surface area (Å²) < 4.78 is 15.0. The predicted molar refractivity (Wildman–Crippen MR) is 120 cm³/mol. The number of carbonyl (C=O) groups excluding carboxylic acids is 2. The molecule has 1 aromatic carbocycles. The third-order valence-corrected chi connectivity index (χ3v) is 5.06. The van der Waals surface area contributed by atoms with Crippen LogP contribution in [0.4, 0.5) is 4.79 Å². The van der Waals surface area contributed by atoms with Crippen molar-refractivity contribution in [2.75, 3.05) is 20.8 Å². The SMILES string of the molecule is CCCCCCCCCCCCCCOC(=O)OOOC(=O)c1cc(OC)ccc1OC. The number of rotatable bonds is 18. The van der Waals surface area contributed by atoms with Gasteiger partial charge in [0, 0.05) is 0 Å². The first-order chi connectivity index (χ1) is 15.6. The van der Waals surface area contributed by atoms with Crippen LogP contribution in [0.2, 0.25) is 0 Å². The van der Waals surface area contributed by atoms with Crippen molar-refractivity contribution in [1.29, 1.82) is 0 Å². The van der Waals surface area contributed by atoms with Crippen LogP contribution >= 0.6 is 0 Å². The normalized spacial score (nSPS) is 10.5. The highest BCUT2D eigenvalue weighted by molar-refractivity contribution is 5.92. The molecule has 0 aliphatic heterocycles. The van der Waals surface area contributed by atoms with Gasteiger partial charge in [-0.05, 0) is 24.6 Å². The molecule has 0 aliphatic rings. The molecule has 0 aromatic heterocycles. The van der Waals surface area contributed by atoms with Gasteiger partial charge in [0.05, 0.1) is 25.9 Å². The van der Waals surface area contributed by atoms with Gasteiger partial charge in [-0.1, -0.05) is 77.6 Å². The second kappa shape index (κ2) is 18.1. The maximum Gasteiger partial charge on any atom is 0.543 e. The van der Waals surface area contributed by atoms with Gasteiger partial charge in [-0.25, -0.2) is 14.5 Å². The number of benzene rings is 1. The summed E-state index contributed by atoms with van der Waals surface area (Å²) in [5.74, 6) is -0.219. The lowest BCUT2D eigenvalue weighted by Crippen LogP contribution is -2.13. The van der Waals surface area contributed by atoms with Gasteiger partial charge in [0.2, 0.25) is 0 Å². The number of ether oxygens (including phenoxy) is 3. The number of unbranched alkanes of at least 4 members (excludes halogenated alkanes) is 11. The van der Waals surface area contributed by atoms with Crippen molar-refractivity contribution < 1.29 is 38.6 Å². The highest BCUT2D eigenvalue weighted by atomic mass is 17.5. The monoisotopic (exact) mass is 454 g/mol. The first-order valence-corrected chi connectivity index (χ1v) is 11.6. The first kappa shape index (κ1) is 27.6. The Labute approximate surface area is 191 Å². The molecule has 0 bridgehead atoms. The molecule has 0 aliphatic carbocycles. The van der Waals surface area contributed by atoms with Crippen molar-refractivity contribution in [2.24, 2.45) is 0 Å². The summed E-state index contributed by atoms with van der Waals surface area (Å²) in [6.45, 7) is 2.46. The van der Waals surface area contributed by atoms with E-state index in [1.165, 1.54) is 78.1 Å². The average molecular weight is 455 g/mol. The standard InChI is InChI=1S/C24H38O8/c1-4-5-6-7-8-9-10-11-12-13-14-15-18-29-24(26)31-32-30-23(25)21-19-20(27-2)16-17-22(21)28-3/h16-17,19H,4-15,18H2,1-3H3.